The Morgan fingerprint density at radius 2 is 1.42 bits per heavy atom. The molecule has 0 aliphatic heterocycles. The lowest BCUT2D eigenvalue weighted by molar-refractivity contribution is 0.478. The molecule has 3 heterocycles. The SMILES string of the molecule is CCc1cccc(CC)c1-c1c(CC)nn(-c2cc(Oc3ccc4c5ccccc5n(-c5cc(CC(C)C)ccn5)c4c3)cc(C(C)(C)C)c2)c1CC. The predicted molar refractivity (Wildman–Crippen MR) is 222 cm³/mol. The normalized spacial score (nSPS) is 12.0. The highest BCUT2D eigenvalue weighted by Crippen LogP contribution is 2.39. The van der Waals surface area contributed by atoms with Crippen LogP contribution in [0.2, 0.25) is 0 Å². The Bertz CT molecular complexity index is 2400. The maximum Gasteiger partial charge on any atom is 0.137 e. The maximum atomic E-state index is 6.87. The largest absolute Gasteiger partial charge is 0.457 e. The maximum absolute atomic E-state index is 6.87. The summed E-state index contributed by atoms with van der Waals surface area (Å²) in [6.45, 7) is 20.3. The first-order chi connectivity index (χ1) is 25.5. The highest BCUT2D eigenvalue weighted by atomic mass is 16.5. The lowest BCUT2D eigenvalue weighted by atomic mass is 9.86. The van der Waals surface area contributed by atoms with Gasteiger partial charge in [-0.25, -0.2) is 9.67 Å². The number of para-hydroxylation sites is 1. The van der Waals surface area contributed by atoms with Gasteiger partial charge in [-0.3, -0.25) is 4.57 Å². The number of hydrogen-bond acceptors (Lipinski definition) is 3. The molecule has 0 radical (unpaired) electrons. The van der Waals surface area contributed by atoms with Crippen molar-refractivity contribution in [2.75, 3.05) is 0 Å². The standard InChI is InChI=1S/C48H54N4O/c1-10-33-17-16-18-34(11-2)46(33)47-41(12-3)50-52(42(47)13-4)36-27-35(48(7,8)9)28-38(29-36)53-37-21-22-40-39-19-14-15-20-43(39)51(44(40)30-37)45-26-32(23-24-49-45)25-31(5)6/h14-24,26-31H,10-13,25H2,1-9H3. The van der Waals surface area contributed by atoms with Crippen molar-refractivity contribution in [2.24, 2.45) is 5.92 Å². The van der Waals surface area contributed by atoms with Crippen LogP contribution in [-0.4, -0.2) is 19.3 Å². The molecule has 0 unspecified atom stereocenters. The third-order valence-electron chi connectivity index (χ3n) is 10.5. The number of fused-ring (bicyclic) bond motifs is 3. The summed E-state index contributed by atoms with van der Waals surface area (Å²) in [5, 5.41) is 7.73. The molecule has 0 bridgehead atoms. The lowest BCUT2D eigenvalue weighted by Gasteiger charge is -2.22. The molecule has 0 saturated carbocycles. The minimum Gasteiger partial charge on any atom is -0.457 e. The summed E-state index contributed by atoms with van der Waals surface area (Å²) in [5.74, 6) is 3.07. The summed E-state index contributed by atoms with van der Waals surface area (Å²) < 4.78 is 11.3. The molecule has 0 saturated heterocycles. The van der Waals surface area contributed by atoms with Gasteiger partial charge in [-0.1, -0.05) is 98.7 Å². The van der Waals surface area contributed by atoms with Gasteiger partial charge in [0, 0.05) is 34.7 Å². The zero-order valence-corrected chi connectivity index (χ0v) is 33.0. The first-order valence-corrected chi connectivity index (χ1v) is 19.6. The number of aryl methyl sites for hydroxylation is 3. The van der Waals surface area contributed by atoms with Gasteiger partial charge in [-0.05, 0) is 114 Å². The van der Waals surface area contributed by atoms with Crippen LogP contribution in [0, 0.1) is 5.92 Å². The van der Waals surface area contributed by atoms with E-state index < -0.39 is 0 Å². The Balaban J connectivity index is 1.37. The van der Waals surface area contributed by atoms with Crippen LogP contribution in [-0.2, 0) is 37.5 Å². The van der Waals surface area contributed by atoms with Gasteiger partial charge in [-0.2, -0.15) is 5.10 Å². The average molecular weight is 703 g/mol. The van der Waals surface area contributed by atoms with Crippen molar-refractivity contribution in [1.29, 1.82) is 0 Å². The molecule has 7 rings (SSSR count). The van der Waals surface area contributed by atoms with Crippen LogP contribution in [0.15, 0.2) is 97.2 Å². The minimum absolute atomic E-state index is 0.0999. The number of hydrogen-bond donors (Lipinski definition) is 0. The lowest BCUT2D eigenvalue weighted by Crippen LogP contribution is -2.13. The number of pyridine rings is 1. The van der Waals surface area contributed by atoms with Crippen molar-refractivity contribution in [3.05, 3.63) is 131 Å². The van der Waals surface area contributed by atoms with Gasteiger partial charge in [0.05, 0.1) is 28.1 Å². The zero-order valence-electron chi connectivity index (χ0n) is 33.0. The van der Waals surface area contributed by atoms with Gasteiger partial charge in [-0.15, -0.1) is 0 Å². The molecule has 0 aliphatic rings. The van der Waals surface area contributed by atoms with Gasteiger partial charge in [0.25, 0.3) is 0 Å². The van der Waals surface area contributed by atoms with E-state index in [0.29, 0.717) is 5.92 Å². The van der Waals surface area contributed by atoms with Gasteiger partial charge in [0.1, 0.15) is 17.3 Å². The Hall–Kier alpha value is -5.16. The number of nitrogens with zero attached hydrogens (tertiary/aromatic N) is 4. The van der Waals surface area contributed by atoms with E-state index in [0.717, 1.165) is 71.8 Å². The van der Waals surface area contributed by atoms with Crippen molar-refractivity contribution in [2.45, 2.75) is 99.8 Å². The Morgan fingerprint density at radius 1 is 0.679 bits per heavy atom. The van der Waals surface area contributed by atoms with Crippen LogP contribution in [0.1, 0.15) is 96.0 Å². The monoisotopic (exact) mass is 702 g/mol. The first kappa shape index (κ1) is 36.2. The van der Waals surface area contributed by atoms with Crippen LogP contribution < -0.4 is 4.74 Å². The van der Waals surface area contributed by atoms with Crippen LogP contribution in [0.3, 0.4) is 0 Å². The topological polar surface area (TPSA) is 44.9 Å². The quantitative estimate of drug-likeness (QED) is 0.135. The predicted octanol–water partition coefficient (Wildman–Crippen LogP) is 12.6. The van der Waals surface area contributed by atoms with Crippen molar-refractivity contribution < 1.29 is 4.74 Å². The summed E-state index contributed by atoms with van der Waals surface area (Å²) in [4.78, 5) is 4.88. The van der Waals surface area contributed by atoms with E-state index >= 15 is 0 Å². The van der Waals surface area contributed by atoms with E-state index in [1.165, 1.54) is 49.8 Å². The number of ether oxygens (including phenoxy) is 1. The number of benzene rings is 4. The molecule has 0 aliphatic carbocycles. The van der Waals surface area contributed by atoms with Crippen LogP contribution in [0.5, 0.6) is 11.5 Å². The van der Waals surface area contributed by atoms with Crippen LogP contribution in [0.4, 0.5) is 0 Å². The van der Waals surface area contributed by atoms with Crippen LogP contribution in [0.25, 0.3) is 44.4 Å². The molecule has 5 heteroatoms. The molecule has 0 spiro atoms. The van der Waals surface area contributed by atoms with Gasteiger partial charge in [0.15, 0.2) is 0 Å². The second kappa shape index (κ2) is 14.7. The molecule has 3 aromatic heterocycles. The molecule has 7 aromatic rings. The van der Waals surface area contributed by atoms with E-state index in [1.807, 2.05) is 6.20 Å². The van der Waals surface area contributed by atoms with Crippen molar-refractivity contribution in [3.63, 3.8) is 0 Å². The summed E-state index contributed by atoms with van der Waals surface area (Å²) in [6, 6.07) is 32.8. The smallest absolute Gasteiger partial charge is 0.137 e. The molecular weight excluding hydrogens is 649 g/mol. The third kappa shape index (κ3) is 6.90. The summed E-state index contributed by atoms with van der Waals surface area (Å²) in [6.07, 6.45) is 6.65. The molecule has 0 fully saturated rings. The Kier molecular flexibility index (Phi) is 10.0. The molecule has 0 amide bonds. The van der Waals surface area contributed by atoms with Gasteiger partial charge >= 0.3 is 0 Å². The first-order valence-electron chi connectivity index (χ1n) is 19.6. The third-order valence-corrected chi connectivity index (χ3v) is 10.5. The summed E-state index contributed by atoms with van der Waals surface area (Å²) in [7, 11) is 0. The Morgan fingerprint density at radius 3 is 2.09 bits per heavy atom. The molecule has 5 nitrogen and oxygen atoms in total. The number of aromatic nitrogens is 4. The fraction of sp³-hybridized carbons (Fsp3) is 0.333. The summed E-state index contributed by atoms with van der Waals surface area (Å²) in [5.41, 5.74) is 13.5. The molecule has 0 N–H and O–H groups in total. The van der Waals surface area contributed by atoms with Crippen LogP contribution >= 0.6 is 0 Å². The van der Waals surface area contributed by atoms with Crippen molar-refractivity contribution >= 4 is 21.8 Å². The fourth-order valence-corrected chi connectivity index (χ4v) is 7.92. The minimum atomic E-state index is -0.0999. The van der Waals surface area contributed by atoms with E-state index in [4.69, 9.17) is 14.8 Å². The molecule has 0 atom stereocenters. The number of rotatable bonds is 11. The van der Waals surface area contributed by atoms with Crippen molar-refractivity contribution in [3.8, 4) is 34.1 Å². The van der Waals surface area contributed by atoms with E-state index in [-0.39, 0.29) is 5.41 Å². The van der Waals surface area contributed by atoms with Crippen molar-refractivity contribution in [1.82, 2.24) is 19.3 Å². The average Bonchev–Trinajstić information content (AvgIpc) is 3.69. The zero-order chi connectivity index (χ0) is 37.4. The fourth-order valence-electron chi connectivity index (χ4n) is 7.92. The van der Waals surface area contributed by atoms with Gasteiger partial charge in [0.2, 0.25) is 0 Å². The van der Waals surface area contributed by atoms with E-state index in [1.54, 1.807) is 0 Å². The molecular formula is C48H54N4O. The molecule has 53 heavy (non-hydrogen) atoms. The molecule has 4 aromatic carbocycles. The summed E-state index contributed by atoms with van der Waals surface area (Å²) >= 11 is 0. The highest BCUT2D eigenvalue weighted by Gasteiger charge is 2.24. The highest BCUT2D eigenvalue weighted by molar-refractivity contribution is 6.09. The van der Waals surface area contributed by atoms with E-state index in [2.05, 4.69) is 163 Å². The second-order valence-electron chi connectivity index (χ2n) is 15.8. The van der Waals surface area contributed by atoms with Gasteiger partial charge < -0.3 is 4.74 Å². The molecule has 272 valence electrons. The van der Waals surface area contributed by atoms with E-state index in [9.17, 15) is 0 Å². The second-order valence-corrected chi connectivity index (χ2v) is 15.8. The Labute approximate surface area is 315 Å².